The lowest BCUT2D eigenvalue weighted by molar-refractivity contribution is -0.136. The summed E-state index contributed by atoms with van der Waals surface area (Å²) in [7, 11) is -2.17. The van der Waals surface area contributed by atoms with E-state index in [9.17, 15) is 13.2 Å². The van der Waals surface area contributed by atoms with Crippen LogP contribution in [0, 0.1) is 0 Å². The van der Waals surface area contributed by atoms with Crippen LogP contribution in [0.3, 0.4) is 0 Å². The topological polar surface area (TPSA) is 93.1 Å². The minimum atomic E-state index is -3.59. The van der Waals surface area contributed by atoms with Crippen molar-refractivity contribution in [1.29, 1.82) is 0 Å². The first kappa shape index (κ1) is 15.6. The number of sulfonamides is 1. The van der Waals surface area contributed by atoms with E-state index in [1.807, 2.05) is 0 Å². The predicted octanol–water partition coefficient (Wildman–Crippen LogP) is 0.694. The van der Waals surface area contributed by atoms with Gasteiger partial charge in [-0.25, -0.2) is 12.7 Å². The predicted molar refractivity (Wildman–Crippen MR) is 74.9 cm³/mol. The maximum absolute atomic E-state index is 11.9. The number of carboxylic acids is 1. The average Bonchev–Trinajstić information content (AvgIpc) is 2.45. The number of benzene rings is 1. The Kier molecular flexibility index (Phi) is 4.69. The molecule has 1 aromatic rings. The van der Waals surface area contributed by atoms with Crippen LogP contribution >= 0.6 is 0 Å². The van der Waals surface area contributed by atoms with E-state index in [0.29, 0.717) is 24.7 Å². The van der Waals surface area contributed by atoms with E-state index in [1.165, 1.54) is 7.05 Å². The van der Waals surface area contributed by atoms with E-state index < -0.39 is 28.2 Å². The van der Waals surface area contributed by atoms with E-state index in [2.05, 4.69) is 0 Å². The second kappa shape index (κ2) is 6.31. The van der Waals surface area contributed by atoms with E-state index in [4.69, 9.17) is 14.6 Å². The first-order chi connectivity index (χ1) is 9.88. The van der Waals surface area contributed by atoms with Crippen LogP contribution in [0.4, 0.5) is 0 Å². The van der Waals surface area contributed by atoms with Crippen molar-refractivity contribution in [1.82, 2.24) is 4.31 Å². The van der Waals surface area contributed by atoms with Gasteiger partial charge in [-0.3, -0.25) is 4.79 Å². The summed E-state index contributed by atoms with van der Waals surface area (Å²) in [5, 5.41) is 8.57. The number of ether oxygens (including phenoxy) is 2. The van der Waals surface area contributed by atoms with E-state index in [1.54, 1.807) is 18.2 Å². The van der Waals surface area contributed by atoms with Gasteiger partial charge >= 0.3 is 5.97 Å². The van der Waals surface area contributed by atoms with E-state index in [-0.39, 0.29) is 6.54 Å². The molecule has 0 saturated heterocycles. The number of fused-ring (bicyclic) bond motifs is 1. The largest absolute Gasteiger partial charge is 0.486 e. The highest BCUT2D eigenvalue weighted by molar-refractivity contribution is 7.89. The summed E-state index contributed by atoms with van der Waals surface area (Å²) in [4.78, 5) is 10.5. The molecule has 1 aliphatic heterocycles. The first-order valence-corrected chi connectivity index (χ1v) is 8.04. The van der Waals surface area contributed by atoms with Gasteiger partial charge in [0.2, 0.25) is 10.0 Å². The molecule has 0 atom stereocenters. The van der Waals surface area contributed by atoms with Crippen molar-refractivity contribution >= 4 is 16.0 Å². The molecule has 21 heavy (non-hydrogen) atoms. The molecule has 116 valence electrons. The second-order valence-corrected chi connectivity index (χ2v) is 6.89. The van der Waals surface area contributed by atoms with Crippen molar-refractivity contribution in [2.45, 2.75) is 13.0 Å². The zero-order chi connectivity index (χ0) is 15.5. The molecule has 0 aliphatic carbocycles. The summed E-state index contributed by atoms with van der Waals surface area (Å²) in [5.41, 5.74) is 0.751. The molecular weight excluding hydrogens is 298 g/mol. The van der Waals surface area contributed by atoms with Gasteiger partial charge in [0.25, 0.3) is 0 Å². The number of carbonyl (C=O) groups is 1. The lowest BCUT2D eigenvalue weighted by Gasteiger charge is -2.21. The van der Waals surface area contributed by atoms with Gasteiger partial charge in [0.1, 0.15) is 13.2 Å². The minimum Gasteiger partial charge on any atom is -0.486 e. The third-order valence-corrected chi connectivity index (χ3v) is 4.86. The van der Waals surface area contributed by atoms with Gasteiger partial charge in [0, 0.05) is 13.6 Å². The van der Waals surface area contributed by atoms with Crippen LogP contribution in [0.15, 0.2) is 18.2 Å². The van der Waals surface area contributed by atoms with Crippen LogP contribution in [0.1, 0.15) is 12.0 Å². The Labute approximate surface area is 123 Å². The average molecular weight is 315 g/mol. The SMILES string of the molecule is CN(Cc1ccc2c(c1)OCCO2)S(=O)(=O)CCC(=O)O. The summed E-state index contributed by atoms with van der Waals surface area (Å²) < 4.78 is 35.8. The Morgan fingerprint density at radius 2 is 1.95 bits per heavy atom. The Balaban J connectivity index is 2.05. The van der Waals surface area contributed by atoms with Gasteiger partial charge in [0.15, 0.2) is 11.5 Å². The smallest absolute Gasteiger partial charge is 0.304 e. The zero-order valence-electron chi connectivity index (χ0n) is 11.6. The Morgan fingerprint density at radius 1 is 1.29 bits per heavy atom. The number of rotatable bonds is 6. The quantitative estimate of drug-likeness (QED) is 0.830. The third kappa shape index (κ3) is 4.08. The summed E-state index contributed by atoms with van der Waals surface area (Å²) in [5.74, 6) is -0.314. The van der Waals surface area contributed by atoms with Crippen LogP contribution in [0.25, 0.3) is 0 Å². The molecule has 0 saturated carbocycles. The van der Waals surface area contributed by atoms with Crippen LogP contribution < -0.4 is 9.47 Å². The van der Waals surface area contributed by atoms with Crippen molar-refractivity contribution < 1.29 is 27.8 Å². The molecule has 0 aromatic heterocycles. The molecule has 1 heterocycles. The molecule has 0 radical (unpaired) electrons. The molecule has 0 amide bonds. The second-order valence-electron chi connectivity index (χ2n) is 4.69. The van der Waals surface area contributed by atoms with E-state index >= 15 is 0 Å². The number of carboxylic acid groups (broad SMARTS) is 1. The summed E-state index contributed by atoms with van der Waals surface area (Å²) >= 11 is 0. The van der Waals surface area contributed by atoms with Crippen LogP contribution in [-0.2, 0) is 21.4 Å². The van der Waals surface area contributed by atoms with Gasteiger partial charge in [-0.1, -0.05) is 6.07 Å². The van der Waals surface area contributed by atoms with Crippen molar-refractivity contribution in [3.63, 3.8) is 0 Å². The van der Waals surface area contributed by atoms with Gasteiger partial charge in [-0.05, 0) is 17.7 Å². The third-order valence-electron chi connectivity index (χ3n) is 3.06. The summed E-state index contributed by atoms with van der Waals surface area (Å²) in [6, 6.07) is 5.23. The van der Waals surface area contributed by atoms with Gasteiger partial charge in [-0.15, -0.1) is 0 Å². The van der Waals surface area contributed by atoms with Crippen LogP contribution in [0.2, 0.25) is 0 Å². The number of hydrogen-bond acceptors (Lipinski definition) is 5. The van der Waals surface area contributed by atoms with Crippen molar-refractivity contribution in [3.8, 4) is 11.5 Å². The lowest BCUT2D eigenvalue weighted by Crippen LogP contribution is -2.29. The lowest BCUT2D eigenvalue weighted by atomic mass is 10.2. The van der Waals surface area contributed by atoms with Crippen LogP contribution in [-0.4, -0.2) is 49.8 Å². The summed E-state index contributed by atoms with van der Waals surface area (Å²) in [6.45, 7) is 1.11. The monoisotopic (exact) mass is 315 g/mol. The maximum Gasteiger partial charge on any atom is 0.304 e. The fourth-order valence-corrected chi connectivity index (χ4v) is 3.00. The zero-order valence-corrected chi connectivity index (χ0v) is 12.4. The molecule has 8 heteroatoms. The molecule has 7 nitrogen and oxygen atoms in total. The Hall–Kier alpha value is -1.80. The van der Waals surface area contributed by atoms with Gasteiger partial charge in [0.05, 0.1) is 12.2 Å². The highest BCUT2D eigenvalue weighted by atomic mass is 32.2. The standard InChI is InChI=1S/C13H17NO6S/c1-14(21(17,18)7-4-13(15)16)9-10-2-3-11-12(8-10)20-6-5-19-11/h2-3,8H,4-7,9H2,1H3,(H,15,16). The number of hydrogen-bond donors (Lipinski definition) is 1. The van der Waals surface area contributed by atoms with Crippen LogP contribution in [0.5, 0.6) is 11.5 Å². The molecule has 1 aromatic carbocycles. The molecule has 0 spiro atoms. The molecule has 1 aliphatic rings. The Bertz CT molecular complexity index is 628. The van der Waals surface area contributed by atoms with Gasteiger partial charge in [-0.2, -0.15) is 0 Å². The normalized spacial score (nSPS) is 14.2. The van der Waals surface area contributed by atoms with E-state index in [0.717, 1.165) is 9.87 Å². The molecular formula is C13H17NO6S. The maximum atomic E-state index is 11.9. The highest BCUT2D eigenvalue weighted by Crippen LogP contribution is 2.31. The van der Waals surface area contributed by atoms with Crippen molar-refractivity contribution in [2.75, 3.05) is 26.0 Å². The van der Waals surface area contributed by atoms with Crippen molar-refractivity contribution in [3.05, 3.63) is 23.8 Å². The fourth-order valence-electron chi connectivity index (χ4n) is 1.91. The Morgan fingerprint density at radius 3 is 2.62 bits per heavy atom. The molecule has 0 bridgehead atoms. The fraction of sp³-hybridized carbons (Fsp3) is 0.462. The number of nitrogens with zero attached hydrogens (tertiary/aromatic N) is 1. The molecule has 2 rings (SSSR count). The minimum absolute atomic E-state index is 0.151. The first-order valence-electron chi connectivity index (χ1n) is 6.43. The molecule has 0 unspecified atom stereocenters. The molecule has 1 N–H and O–H groups in total. The van der Waals surface area contributed by atoms with Crippen molar-refractivity contribution in [2.24, 2.45) is 0 Å². The molecule has 0 fully saturated rings. The highest BCUT2D eigenvalue weighted by Gasteiger charge is 2.20. The summed E-state index contributed by atoms with van der Waals surface area (Å²) in [6.07, 6.45) is -0.409. The number of aliphatic carboxylic acids is 1. The van der Waals surface area contributed by atoms with Gasteiger partial charge < -0.3 is 14.6 Å².